The summed E-state index contributed by atoms with van der Waals surface area (Å²) in [4.78, 5) is 44.2. The van der Waals surface area contributed by atoms with Crippen LogP contribution < -0.4 is 15.4 Å². The molecule has 3 aliphatic rings. The van der Waals surface area contributed by atoms with Gasteiger partial charge in [0.15, 0.2) is 0 Å². The van der Waals surface area contributed by atoms with Gasteiger partial charge in [-0.3, -0.25) is 14.4 Å². The molecule has 3 saturated heterocycles. The molecule has 2 bridgehead atoms. The van der Waals surface area contributed by atoms with Crippen LogP contribution in [0.25, 0.3) is 11.0 Å². The molecule has 2 aromatic carbocycles. The van der Waals surface area contributed by atoms with E-state index in [1.165, 1.54) is 0 Å². The zero-order chi connectivity index (χ0) is 31.2. The first-order valence-electron chi connectivity index (χ1n) is 15.1. The first-order valence-corrected chi connectivity index (χ1v) is 16.9. The number of hydrogen-bond acceptors (Lipinski definition) is 8. The molecule has 3 N–H and O–H groups in total. The number of halogens is 1. The molecule has 3 amide bonds. The number of aromatic nitrogens is 3. The molecule has 1 spiro atoms. The number of thioether (sulfide) groups is 1. The highest BCUT2D eigenvalue weighted by Gasteiger charge is 2.76. The van der Waals surface area contributed by atoms with Crippen molar-refractivity contribution in [1.29, 1.82) is 0 Å². The molecule has 44 heavy (non-hydrogen) atoms. The maximum atomic E-state index is 14.5. The molecular weight excluding hydrogens is 648 g/mol. The van der Waals surface area contributed by atoms with Gasteiger partial charge in [-0.2, -0.15) is 0 Å². The summed E-state index contributed by atoms with van der Waals surface area (Å²) in [5.74, 6) is -1.57. The number of anilines is 1. The van der Waals surface area contributed by atoms with Gasteiger partial charge < -0.3 is 25.4 Å². The number of aliphatic hydroxyl groups excluding tert-OH is 1. The first-order chi connectivity index (χ1) is 21.2. The van der Waals surface area contributed by atoms with E-state index in [-0.39, 0.29) is 47.0 Å². The Bertz CT molecular complexity index is 1550. The van der Waals surface area contributed by atoms with Crippen molar-refractivity contribution in [3.8, 4) is 5.75 Å². The Morgan fingerprint density at radius 3 is 2.64 bits per heavy atom. The summed E-state index contributed by atoms with van der Waals surface area (Å²) in [6, 6.07) is 13.2. The van der Waals surface area contributed by atoms with Crippen molar-refractivity contribution in [3.63, 3.8) is 0 Å². The van der Waals surface area contributed by atoms with E-state index in [0.29, 0.717) is 36.4 Å². The van der Waals surface area contributed by atoms with Crippen molar-refractivity contribution >= 4 is 62.1 Å². The number of likely N-dealkylation sites (tertiary alicyclic amines) is 1. The van der Waals surface area contributed by atoms with E-state index >= 15 is 0 Å². The average Bonchev–Trinajstić information content (AvgIpc) is 3.74. The molecule has 0 aliphatic carbocycles. The van der Waals surface area contributed by atoms with E-state index in [2.05, 4.69) is 36.9 Å². The van der Waals surface area contributed by atoms with Gasteiger partial charge in [-0.25, -0.2) is 4.68 Å². The van der Waals surface area contributed by atoms with Crippen LogP contribution in [-0.2, 0) is 21.1 Å². The van der Waals surface area contributed by atoms with E-state index in [0.717, 1.165) is 5.52 Å². The fourth-order valence-corrected chi connectivity index (χ4v) is 10.7. The number of alkyl halides is 1. The van der Waals surface area contributed by atoms with Crippen LogP contribution in [-0.4, -0.2) is 82.8 Å². The molecule has 4 heterocycles. The Morgan fingerprint density at radius 1 is 1.18 bits per heavy atom. The lowest BCUT2D eigenvalue weighted by molar-refractivity contribution is -0.143. The number of para-hydroxylation sites is 1. The lowest BCUT2D eigenvalue weighted by Gasteiger charge is -2.39. The van der Waals surface area contributed by atoms with Gasteiger partial charge in [0.05, 0.1) is 41.4 Å². The number of amides is 3. The van der Waals surface area contributed by atoms with Crippen molar-refractivity contribution in [2.75, 3.05) is 18.5 Å². The molecule has 11 nitrogen and oxygen atoms in total. The van der Waals surface area contributed by atoms with Crippen LogP contribution in [0.2, 0.25) is 0 Å². The second-order valence-electron chi connectivity index (χ2n) is 11.8. The molecule has 13 heteroatoms. The molecule has 0 radical (unpaired) electrons. The lowest BCUT2D eigenvalue weighted by Crippen LogP contribution is -2.58. The van der Waals surface area contributed by atoms with E-state index in [9.17, 15) is 19.5 Å². The third-order valence-corrected chi connectivity index (χ3v) is 12.6. The highest BCUT2D eigenvalue weighted by molar-refractivity contribution is 9.09. The second-order valence-corrected chi connectivity index (χ2v) is 14.5. The summed E-state index contributed by atoms with van der Waals surface area (Å²) in [6.45, 7) is 6.21. The van der Waals surface area contributed by atoms with Crippen LogP contribution in [0.1, 0.15) is 33.6 Å². The zero-order valence-electron chi connectivity index (χ0n) is 24.9. The fraction of sp³-hybridized carbons (Fsp3) is 0.516. The van der Waals surface area contributed by atoms with Crippen molar-refractivity contribution < 1.29 is 24.2 Å². The zero-order valence-corrected chi connectivity index (χ0v) is 27.3. The molecular formula is C31H37BrN6O5S. The molecule has 8 atom stereocenters. The quantitative estimate of drug-likeness (QED) is 0.261. The van der Waals surface area contributed by atoms with E-state index in [1.807, 2.05) is 45.0 Å². The SMILES string of the molecule is CCOc1ccc(NC(=O)[C@H]2[C@H]3C(=O)N([C@@H](CO)[C@@H](C)CC)C(C(=O)NCn4nnc5ccccc54)C34CC(Br)[C@@H]2S4)cc1. The van der Waals surface area contributed by atoms with E-state index in [4.69, 9.17) is 4.74 Å². The van der Waals surface area contributed by atoms with Crippen molar-refractivity contribution in [2.45, 2.75) is 67.2 Å². The number of carbonyl (C=O) groups is 3. The van der Waals surface area contributed by atoms with Crippen LogP contribution in [0.4, 0.5) is 5.69 Å². The Morgan fingerprint density at radius 2 is 1.93 bits per heavy atom. The Balaban J connectivity index is 1.32. The van der Waals surface area contributed by atoms with E-state index in [1.54, 1.807) is 45.6 Å². The number of carbonyl (C=O) groups excluding carboxylic acids is 3. The minimum atomic E-state index is -0.876. The van der Waals surface area contributed by atoms with Crippen molar-refractivity contribution in [1.82, 2.24) is 25.2 Å². The third-order valence-electron chi connectivity index (χ3n) is 9.38. The number of aliphatic hydroxyl groups is 1. The second kappa shape index (κ2) is 12.3. The Hall–Kier alpha value is -3.16. The summed E-state index contributed by atoms with van der Waals surface area (Å²) in [7, 11) is 0. The predicted molar refractivity (Wildman–Crippen MR) is 171 cm³/mol. The normalized spacial score (nSPS) is 28.6. The third kappa shape index (κ3) is 5.06. The van der Waals surface area contributed by atoms with Gasteiger partial charge in [0, 0.05) is 15.8 Å². The van der Waals surface area contributed by atoms with Gasteiger partial charge in [0.2, 0.25) is 17.7 Å². The molecule has 234 valence electrons. The standard InChI is InChI=1S/C31H37BrN6O5S/c1-4-17(3)23(15-39)38-27(29(41)33-16-37-22-9-7-6-8-21(22)35-36-37)31-14-20(32)26(44-31)24(25(31)30(38)42)28(40)34-18-10-12-19(13-11-18)43-5-2/h6-13,17,20,23-27,39H,4-5,14-16H2,1-3H3,(H,33,41)(H,34,40)/t17-,20?,23-,24-,25-,26-,27?,31?/m0/s1. The van der Waals surface area contributed by atoms with Gasteiger partial charge in [0.25, 0.3) is 0 Å². The van der Waals surface area contributed by atoms with Crippen LogP contribution in [0.15, 0.2) is 48.5 Å². The molecule has 3 fully saturated rings. The van der Waals surface area contributed by atoms with Crippen molar-refractivity contribution in [3.05, 3.63) is 48.5 Å². The maximum absolute atomic E-state index is 14.5. The molecule has 3 aromatic rings. The number of rotatable bonds is 11. The van der Waals surface area contributed by atoms with Gasteiger partial charge in [-0.15, -0.1) is 16.9 Å². The van der Waals surface area contributed by atoms with Crippen LogP contribution >= 0.6 is 27.7 Å². The molecule has 6 rings (SSSR count). The van der Waals surface area contributed by atoms with E-state index < -0.39 is 28.7 Å². The monoisotopic (exact) mass is 684 g/mol. The highest BCUT2D eigenvalue weighted by atomic mass is 79.9. The summed E-state index contributed by atoms with van der Waals surface area (Å²) in [5, 5.41) is 24.8. The van der Waals surface area contributed by atoms with Gasteiger partial charge >= 0.3 is 0 Å². The van der Waals surface area contributed by atoms with Crippen molar-refractivity contribution in [2.24, 2.45) is 17.8 Å². The summed E-state index contributed by atoms with van der Waals surface area (Å²) in [5.41, 5.74) is 2.10. The van der Waals surface area contributed by atoms with Crippen LogP contribution in [0, 0.1) is 17.8 Å². The number of fused-ring (bicyclic) bond motifs is 2. The van der Waals surface area contributed by atoms with Gasteiger partial charge in [0.1, 0.15) is 24.0 Å². The number of ether oxygens (including phenoxy) is 1. The highest BCUT2D eigenvalue weighted by Crippen LogP contribution is 2.68. The Kier molecular flexibility index (Phi) is 8.64. The number of nitrogens with zero attached hydrogens (tertiary/aromatic N) is 4. The predicted octanol–water partition coefficient (Wildman–Crippen LogP) is 3.41. The Labute approximate surface area is 268 Å². The minimum absolute atomic E-state index is 0.0631. The topological polar surface area (TPSA) is 139 Å². The summed E-state index contributed by atoms with van der Waals surface area (Å²) >= 11 is 5.37. The lowest BCUT2D eigenvalue weighted by atomic mass is 9.70. The van der Waals surface area contributed by atoms with Gasteiger partial charge in [-0.1, -0.05) is 53.5 Å². The number of nitrogens with one attached hydrogen (secondary N) is 2. The minimum Gasteiger partial charge on any atom is -0.494 e. The summed E-state index contributed by atoms with van der Waals surface area (Å²) in [6.07, 6.45) is 1.26. The molecule has 0 saturated carbocycles. The number of benzene rings is 2. The largest absolute Gasteiger partial charge is 0.494 e. The first kappa shape index (κ1) is 30.8. The van der Waals surface area contributed by atoms with Crippen LogP contribution in [0.5, 0.6) is 5.75 Å². The van der Waals surface area contributed by atoms with Crippen LogP contribution in [0.3, 0.4) is 0 Å². The van der Waals surface area contributed by atoms with Gasteiger partial charge in [-0.05, 0) is 55.7 Å². The number of hydrogen-bond donors (Lipinski definition) is 3. The molecule has 3 aliphatic heterocycles. The molecule has 3 unspecified atom stereocenters. The average molecular weight is 686 g/mol. The molecule has 1 aromatic heterocycles. The fourth-order valence-electron chi connectivity index (χ4n) is 7.15. The summed E-state index contributed by atoms with van der Waals surface area (Å²) < 4.78 is 6.29. The maximum Gasteiger partial charge on any atom is 0.245 e. The smallest absolute Gasteiger partial charge is 0.245 e.